The van der Waals surface area contributed by atoms with Crippen LogP contribution in [0.3, 0.4) is 0 Å². The van der Waals surface area contributed by atoms with Gasteiger partial charge in [0.25, 0.3) is 0 Å². The summed E-state index contributed by atoms with van der Waals surface area (Å²) in [5.41, 5.74) is 1.41. The number of nitrogens with one attached hydrogen (secondary N) is 2. The van der Waals surface area contributed by atoms with Gasteiger partial charge in [0.2, 0.25) is 11.8 Å². The number of esters is 1. The number of nitrogens with zero attached hydrogens (tertiary/aromatic N) is 1. The minimum Gasteiger partial charge on any atom is -0.466 e. The molecule has 0 spiro atoms. The third kappa shape index (κ3) is 6.52. The molecule has 1 aliphatic heterocycles. The number of likely N-dealkylation sites (tertiary alicyclic amines) is 1. The van der Waals surface area contributed by atoms with Crippen LogP contribution in [0.4, 0.5) is 5.69 Å². The van der Waals surface area contributed by atoms with Crippen molar-refractivity contribution in [2.75, 3.05) is 38.1 Å². The number of piperidine rings is 1. The predicted octanol–water partition coefficient (Wildman–Crippen LogP) is 1.98. The number of halogens is 1. The van der Waals surface area contributed by atoms with Crippen molar-refractivity contribution in [3.63, 3.8) is 0 Å². The van der Waals surface area contributed by atoms with Crippen LogP contribution in [-0.2, 0) is 19.1 Å². The Morgan fingerprint density at radius 3 is 2.59 bits per heavy atom. The zero-order valence-electron chi connectivity index (χ0n) is 15.7. The van der Waals surface area contributed by atoms with Gasteiger partial charge in [-0.3, -0.25) is 19.3 Å². The van der Waals surface area contributed by atoms with E-state index in [9.17, 15) is 14.4 Å². The zero-order valence-corrected chi connectivity index (χ0v) is 16.5. The first-order valence-electron chi connectivity index (χ1n) is 9.11. The van der Waals surface area contributed by atoms with E-state index in [1.165, 1.54) is 0 Å². The lowest BCUT2D eigenvalue weighted by molar-refractivity contribution is -0.149. The minimum absolute atomic E-state index is 0.0871. The summed E-state index contributed by atoms with van der Waals surface area (Å²) < 4.78 is 5.04. The van der Waals surface area contributed by atoms with Crippen LogP contribution in [0, 0.1) is 12.8 Å². The molecule has 0 bridgehead atoms. The molecular weight excluding hydrogens is 370 g/mol. The quantitative estimate of drug-likeness (QED) is 0.689. The molecule has 2 rings (SSSR count). The van der Waals surface area contributed by atoms with Gasteiger partial charge in [0.15, 0.2) is 0 Å². The zero-order chi connectivity index (χ0) is 19.8. The second-order valence-corrected chi connectivity index (χ2v) is 6.95. The Morgan fingerprint density at radius 1 is 1.22 bits per heavy atom. The number of benzene rings is 1. The van der Waals surface area contributed by atoms with Gasteiger partial charge in [0.1, 0.15) is 0 Å². The third-order valence-corrected chi connectivity index (χ3v) is 4.97. The average Bonchev–Trinajstić information content (AvgIpc) is 2.64. The molecule has 8 heteroatoms. The average molecular weight is 396 g/mol. The first kappa shape index (κ1) is 21.2. The van der Waals surface area contributed by atoms with Crippen molar-refractivity contribution < 1.29 is 19.1 Å². The molecule has 0 unspecified atom stereocenters. The van der Waals surface area contributed by atoms with E-state index in [1.807, 2.05) is 11.8 Å². The fraction of sp³-hybridized carbons (Fsp3) is 0.526. The van der Waals surface area contributed by atoms with Gasteiger partial charge in [-0.2, -0.15) is 0 Å². The molecule has 1 heterocycles. The topological polar surface area (TPSA) is 87.7 Å². The fourth-order valence-corrected chi connectivity index (χ4v) is 3.14. The van der Waals surface area contributed by atoms with Gasteiger partial charge in [-0.05, 0) is 57.5 Å². The summed E-state index contributed by atoms with van der Waals surface area (Å²) in [6.07, 6.45) is 1.36. The lowest BCUT2D eigenvalue weighted by Crippen LogP contribution is -2.44. The molecular formula is C19H26ClN3O4. The lowest BCUT2D eigenvalue weighted by atomic mass is 9.97. The van der Waals surface area contributed by atoms with Crippen LogP contribution in [0.1, 0.15) is 25.3 Å². The van der Waals surface area contributed by atoms with Gasteiger partial charge in [0, 0.05) is 10.7 Å². The normalized spacial score (nSPS) is 15.2. The Morgan fingerprint density at radius 2 is 1.93 bits per heavy atom. The number of hydrogen-bond acceptors (Lipinski definition) is 5. The van der Waals surface area contributed by atoms with E-state index in [0.717, 1.165) is 5.56 Å². The maximum absolute atomic E-state index is 12.1. The maximum Gasteiger partial charge on any atom is 0.309 e. The van der Waals surface area contributed by atoms with E-state index >= 15 is 0 Å². The largest absolute Gasteiger partial charge is 0.466 e. The number of hydrogen-bond donors (Lipinski definition) is 2. The summed E-state index contributed by atoms with van der Waals surface area (Å²) in [6.45, 7) is 5.41. The first-order chi connectivity index (χ1) is 12.9. The molecule has 148 valence electrons. The standard InChI is InChI=1S/C19H26ClN3O4/c1-3-27-19(26)14-7-9-23(10-8-14)12-18(25)21-11-17(24)22-16-6-4-5-15(20)13(16)2/h4-6,14H,3,7-12H2,1-2H3,(H,21,25)(H,22,24). The van der Waals surface area contributed by atoms with E-state index in [4.69, 9.17) is 16.3 Å². The summed E-state index contributed by atoms with van der Waals surface area (Å²) in [6, 6.07) is 5.26. The van der Waals surface area contributed by atoms with Gasteiger partial charge in [-0.15, -0.1) is 0 Å². The molecule has 7 nitrogen and oxygen atoms in total. The van der Waals surface area contributed by atoms with E-state index in [-0.39, 0.29) is 36.8 Å². The van der Waals surface area contributed by atoms with Gasteiger partial charge in [-0.1, -0.05) is 17.7 Å². The molecule has 1 aromatic carbocycles. The molecule has 0 radical (unpaired) electrons. The molecule has 1 aliphatic rings. The number of anilines is 1. The Hall–Kier alpha value is -2.12. The third-order valence-electron chi connectivity index (χ3n) is 4.56. The second-order valence-electron chi connectivity index (χ2n) is 6.54. The molecule has 0 atom stereocenters. The molecule has 0 saturated carbocycles. The smallest absolute Gasteiger partial charge is 0.309 e. The lowest BCUT2D eigenvalue weighted by Gasteiger charge is -2.30. The summed E-state index contributed by atoms with van der Waals surface area (Å²) >= 11 is 6.03. The minimum atomic E-state index is -0.310. The molecule has 0 aromatic heterocycles. The molecule has 1 saturated heterocycles. The number of ether oxygens (including phenoxy) is 1. The molecule has 2 N–H and O–H groups in total. The van der Waals surface area contributed by atoms with Crippen LogP contribution in [0.2, 0.25) is 5.02 Å². The SMILES string of the molecule is CCOC(=O)C1CCN(CC(=O)NCC(=O)Nc2cccc(Cl)c2C)CC1. The van der Waals surface area contributed by atoms with Crippen LogP contribution in [-0.4, -0.2) is 55.5 Å². The molecule has 27 heavy (non-hydrogen) atoms. The van der Waals surface area contributed by atoms with Crippen molar-refractivity contribution in [3.05, 3.63) is 28.8 Å². The molecule has 2 amide bonds. The Balaban J connectivity index is 1.70. The Bertz CT molecular complexity index is 688. The predicted molar refractivity (Wildman–Crippen MR) is 104 cm³/mol. The summed E-state index contributed by atoms with van der Waals surface area (Å²) in [5.74, 6) is -0.775. The van der Waals surface area contributed by atoms with Crippen molar-refractivity contribution >= 4 is 35.1 Å². The van der Waals surface area contributed by atoms with Crippen molar-refractivity contribution in [1.82, 2.24) is 10.2 Å². The van der Waals surface area contributed by atoms with E-state index < -0.39 is 0 Å². The molecule has 0 aliphatic carbocycles. The monoisotopic (exact) mass is 395 g/mol. The fourth-order valence-electron chi connectivity index (χ4n) is 2.96. The van der Waals surface area contributed by atoms with E-state index in [0.29, 0.717) is 43.2 Å². The number of amides is 2. The van der Waals surface area contributed by atoms with Crippen LogP contribution in [0.25, 0.3) is 0 Å². The van der Waals surface area contributed by atoms with Crippen LogP contribution >= 0.6 is 11.6 Å². The van der Waals surface area contributed by atoms with Gasteiger partial charge < -0.3 is 15.4 Å². The maximum atomic E-state index is 12.1. The summed E-state index contributed by atoms with van der Waals surface area (Å²) in [4.78, 5) is 37.8. The van der Waals surface area contributed by atoms with E-state index in [2.05, 4.69) is 10.6 Å². The van der Waals surface area contributed by atoms with Crippen molar-refractivity contribution in [1.29, 1.82) is 0 Å². The Kier molecular flexibility index (Phi) is 8.06. The van der Waals surface area contributed by atoms with Crippen molar-refractivity contribution in [3.8, 4) is 0 Å². The highest BCUT2D eigenvalue weighted by Gasteiger charge is 2.26. The highest BCUT2D eigenvalue weighted by Crippen LogP contribution is 2.22. The van der Waals surface area contributed by atoms with Gasteiger partial charge in [0.05, 0.1) is 25.6 Å². The van der Waals surface area contributed by atoms with Gasteiger partial charge >= 0.3 is 5.97 Å². The summed E-state index contributed by atoms with van der Waals surface area (Å²) in [5, 5.41) is 5.93. The van der Waals surface area contributed by atoms with Crippen LogP contribution in [0.15, 0.2) is 18.2 Å². The first-order valence-corrected chi connectivity index (χ1v) is 9.49. The Labute approximate surface area is 164 Å². The molecule has 1 aromatic rings. The number of carbonyl (C=O) groups is 3. The summed E-state index contributed by atoms with van der Waals surface area (Å²) in [7, 11) is 0. The highest BCUT2D eigenvalue weighted by atomic mass is 35.5. The number of rotatable bonds is 7. The number of carbonyl (C=O) groups excluding carboxylic acids is 3. The van der Waals surface area contributed by atoms with Crippen LogP contribution < -0.4 is 10.6 Å². The van der Waals surface area contributed by atoms with Crippen LogP contribution in [0.5, 0.6) is 0 Å². The van der Waals surface area contributed by atoms with E-state index in [1.54, 1.807) is 25.1 Å². The van der Waals surface area contributed by atoms with Gasteiger partial charge in [-0.25, -0.2) is 0 Å². The highest BCUT2D eigenvalue weighted by molar-refractivity contribution is 6.31. The second kappa shape index (κ2) is 10.3. The van der Waals surface area contributed by atoms with Crippen molar-refractivity contribution in [2.24, 2.45) is 5.92 Å². The van der Waals surface area contributed by atoms with Crippen molar-refractivity contribution in [2.45, 2.75) is 26.7 Å². The molecule has 1 fully saturated rings.